The minimum Gasteiger partial charge on any atom is -0.369 e. The maximum atomic E-state index is 12.3. The van der Waals surface area contributed by atoms with Crippen LogP contribution in [0.2, 0.25) is 0 Å². The van der Waals surface area contributed by atoms with Gasteiger partial charge in [-0.05, 0) is 50.9 Å². The molecule has 1 saturated heterocycles. The number of likely N-dealkylation sites (tertiary alicyclic amines) is 1. The quantitative estimate of drug-likeness (QED) is 0.757. The summed E-state index contributed by atoms with van der Waals surface area (Å²) in [5.74, 6) is 0.0983. The minimum absolute atomic E-state index is 0.266. The lowest BCUT2D eigenvalue weighted by atomic mass is 9.83. The number of amides is 2. The van der Waals surface area contributed by atoms with Crippen molar-refractivity contribution in [1.82, 2.24) is 10.2 Å². The van der Waals surface area contributed by atoms with Crippen molar-refractivity contribution in [2.45, 2.75) is 77.3 Å². The van der Waals surface area contributed by atoms with Crippen LogP contribution in [0.5, 0.6) is 0 Å². The number of rotatable bonds is 6. The largest absolute Gasteiger partial charge is 0.369 e. The average Bonchev–Trinajstić information content (AvgIpc) is 2.61. The molecule has 1 aliphatic carbocycles. The van der Waals surface area contributed by atoms with Crippen molar-refractivity contribution in [3.8, 4) is 6.07 Å². The van der Waals surface area contributed by atoms with Crippen molar-refractivity contribution in [1.29, 1.82) is 5.26 Å². The predicted octanol–water partition coefficient (Wildman–Crippen LogP) is 2.15. The van der Waals surface area contributed by atoms with Crippen LogP contribution in [0.4, 0.5) is 0 Å². The fourth-order valence-corrected chi connectivity index (χ4v) is 3.88. The van der Waals surface area contributed by atoms with Crippen LogP contribution < -0.4 is 11.1 Å². The molecule has 1 heterocycles. The Bertz CT molecular complexity index is 551. The highest BCUT2D eigenvalue weighted by atomic mass is 16.2. The monoisotopic (exact) mass is 361 g/mol. The lowest BCUT2D eigenvalue weighted by molar-refractivity contribution is -0.126. The molecule has 0 unspecified atom stereocenters. The molecule has 145 valence electrons. The zero-order valence-electron chi connectivity index (χ0n) is 16.4. The van der Waals surface area contributed by atoms with E-state index in [1.807, 2.05) is 0 Å². The van der Waals surface area contributed by atoms with Crippen molar-refractivity contribution in [2.24, 2.45) is 17.1 Å². The Morgan fingerprint density at radius 2 is 1.85 bits per heavy atom. The Kier molecular flexibility index (Phi) is 6.68. The molecule has 0 atom stereocenters. The Morgan fingerprint density at radius 3 is 2.35 bits per heavy atom. The zero-order valence-corrected chi connectivity index (χ0v) is 16.4. The van der Waals surface area contributed by atoms with Crippen molar-refractivity contribution >= 4 is 11.8 Å². The fourth-order valence-electron chi connectivity index (χ4n) is 3.88. The summed E-state index contributed by atoms with van der Waals surface area (Å²) >= 11 is 0. The second kappa shape index (κ2) is 8.39. The molecule has 1 radical (unpaired) electrons. The smallest absolute Gasteiger partial charge is 0.225 e. The van der Waals surface area contributed by atoms with Crippen LogP contribution in [0, 0.1) is 29.1 Å². The van der Waals surface area contributed by atoms with Crippen LogP contribution in [0.1, 0.15) is 65.7 Å². The number of carbonyl (C=O) groups is 2. The van der Waals surface area contributed by atoms with Gasteiger partial charge in [0.1, 0.15) is 5.54 Å². The first-order valence-corrected chi connectivity index (χ1v) is 9.78. The summed E-state index contributed by atoms with van der Waals surface area (Å²) in [6.45, 7) is 7.43. The number of hydrogen-bond acceptors (Lipinski definition) is 4. The molecule has 2 fully saturated rings. The number of hydrogen-bond donors (Lipinski definition) is 2. The van der Waals surface area contributed by atoms with E-state index in [2.05, 4.69) is 23.2 Å². The summed E-state index contributed by atoms with van der Waals surface area (Å²) in [5.41, 5.74) is 3.77. The fraction of sp³-hybridized carbons (Fsp3) is 0.800. The third-order valence-corrected chi connectivity index (χ3v) is 6.19. The van der Waals surface area contributed by atoms with Gasteiger partial charge < -0.3 is 16.0 Å². The van der Waals surface area contributed by atoms with Gasteiger partial charge in [-0.3, -0.25) is 9.59 Å². The van der Waals surface area contributed by atoms with Crippen LogP contribution in [-0.4, -0.2) is 41.4 Å². The molecular weight excluding hydrogens is 328 g/mol. The van der Waals surface area contributed by atoms with Gasteiger partial charge in [-0.15, -0.1) is 0 Å². The van der Waals surface area contributed by atoms with E-state index in [1.54, 1.807) is 13.8 Å². The number of nitriles is 1. The van der Waals surface area contributed by atoms with Gasteiger partial charge in [-0.1, -0.05) is 20.8 Å². The molecule has 2 amide bonds. The second-order valence-corrected chi connectivity index (χ2v) is 8.79. The Labute approximate surface area is 157 Å². The molecule has 0 aromatic heterocycles. The van der Waals surface area contributed by atoms with Gasteiger partial charge in [0, 0.05) is 24.5 Å². The summed E-state index contributed by atoms with van der Waals surface area (Å²) in [5, 5.41) is 12.6. The zero-order chi connectivity index (χ0) is 19.4. The van der Waals surface area contributed by atoms with Gasteiger partial charge in [0.25, 0.3) is 0 Å². The van der Waals surface area contributed by atoms with Gasteiger partial charge >= 0.3 is 0 Å². The first-order valence-electron chi connectivity index (χ1n) is 9.78. The molecular formula is C20H33N4O2. The highest BCUT2D eigenvalue weighted by molar-refractivity contribution is 5.87. The Hall–Kier alpha value is -1.61. The maximum Gasteiger partial charge on any atom is 0.225 e. The average molecular weight is 362 g/mol. The molecule has 6 nitrogen and oxygen atoms in total. The number of piperidine rings is 1. The Morgan fingerprint density at radius 1 is 1.27 bits per heavy atom. The van der Waals surface area contributed by atoms with Crippen molar-refractivity contribution in [3.05, 3.63) is 6.42 Å². The van der Waals surface area contributed by atoms with Crippen molar-refractivity contribution in [2.75, 3.05) is 13.1 Å². The van der Waals surface area contributed by atoms with E-state index in [9.17, 15) is 14.9 Å². The number of primary amides is 1. The molecule has 6 heteroatoms. The highest BCUT2D eigenvalue weighted by Crippen LogP contribution is 2.31. The molecule has 0 bridgehead atoms. The summed E-state index contributed by atoms with van der Waals surface area (Å²) in [6.07, 6.45) is 8.05. The van der Waals surface area contributed by atoms with Crippen LogP contribution in [-0.2, 0) is 9.59 Å². The number of nitrogens with zero attached hydrogens (tertiary/aromatic N) is 2. The van der Waals surface area contributed by atoms with Crippen LogP contribution in [0.15, 0.2) is 0 Å². The molecule has 26 heavy (non-hydrogen) atoms. The highest BCUT2D eigenvalue weighted by Gasteiger charge is 2.38. The van der Waals surface area contributed by atoms with Gasteiger partial charge in [-0.2, -0.15) is 5.26 Å². The van der Waals surface area contributed by atoms with E-state index in [0.29, 0.717) is 18.9 Å². The number of nitrogens with two attached hydrogens (primary N) is 1. The van der Waals surface area contributed by atoms with E-state index in [1.165, 1.54) is 32.1 Å². The molecule has 0 spiro atoms. The van der Waals surface area contributed by atoms with Gasteiger partial charge in [-0.25, -0.2) is 0 Å². The lowest BCUT2D eigenvalue weighted by Gasteiger charge is -2.43. The molecule has 3 N–H and O–H groups in total. The SMILES string of the molecule is CC1CCC(N2CCC(C#N)(NC(=O)[CH]CC(C)(C)C(N)=O)CC2)CC1. The summed E-state index contributed by atoms with van der Waals surface area (Å²) < 4.78 is 0. The summed E-state index contributed by atoms with van der Waals surface area (Å²) in [7, 11) is 0. The third-order valence-electron chi connectivity index (χ3n) is 6.19. The van der Waals surface area contributed by atoms with E-state index >= 15 is 0 Å². The van der Waals surface area contributed by atoms with Crippen LogP contribution in [0.3, 0.4) is 0 Å². The Balaban J connectivity index is 1.84. The van der Waals surface area contributed by atoms with E-state index in [0.717, 1.165) is 19.0 Å². The predicted molar refractivity (Wildman–Crippen MR) is 101 cm³/mol. The molecule has 2 rings (SSSR count). The normalized spacial score (nSPS) is 26.7. The first kappa shape index (κ1) is 20.7. The van der Waals surface area contributed by atoms with Gasteiger partial charge in [0.2, 0.25) is 11.8 Å². The minimum atomic E-state index is -0.803. The standard InChI is InChI=1S/C20H33N4O2/c1-15-4-6-16(7-5-15)24-12-10-20(14-21,11-13-24)23-17(25)8-9-19(2,3)18(22)26/h8,15-16H,4-7,9-13H2,1-3H3,(H2,22,26)(H,23,25). The van der Waals surface area contributed by atoms with E-state index in [-0.39, 0.29) is 12.3 Å². The van der Waals surface area contributed by atoms with Crippen molar-refractivity contribution < 1.29 is 9.59 Å². The first-order chi connectivity index (χ1) is 12.2. The maximum absolute atomic E-state index is 12.3. The molecule has 1 saturated carbocycles. The van der Waals surface area contributed by atoms with Crippen molar-refractivity contribution in [3.63, 3.8) is 0 Å². The molecule has 0 aromatic carbocycles. The van der Waals surface area contributed by atoms with Crippen LogP contribution in [0.25, 0.3) is 0 Å². The molecule has 2 aliphatic rings. The summed E-state index contributed by atoms with van der Waals surface area (Å²) in [6, 6.07) is 2.95. The van der Waals surface area contributed by atoms with Gasteiger partial charge in [0.15, 0.2) is 0 Å². The molecule has 0 aromatic rings. The van der Waals surface area contributed by atoms with Gasteiger partial charge in [0.05, 0.1) is 12.5 Å². The third kappa shape index (κ3) is 5.20. The van der Waals surface area contributed by atoms with Crippen LogP contribution >= 0.6 is 0 Å². The summed E-state index contributed by atoms with van der Waals surface area (Å²) in [4.78, 5) is 26.1. The number of carbonyl (C=O) groups excluding carboxylic acids is 2. The molecule has 1 aliphatic heterocycles. The van der Waals surface area contributed by atoms with E-state index in [4.69, 9.17) is 5.73 Å². The van der Waals surface area contributed by atoms with E-state index < -0.39 is 16.9 Å². The lowest BCUT2D eigenvalue weighted by Crippen LogP contribution is -2.56. The second-order valence-electron chi connectivity index (χ2n) is 8.79. The topological polar surface area (TPSA) is 99.2 Å². The number of nitrogens with one attached hydrogen (secondary N) is 1.